The van der Waals surface area contributed by atoms with Gasteiger partial charge >= 0.3 is 11.5 Å². The van der Waals surface area contributed by atoms with Gasteiger partial charge in [0.1, 0.15) is 6.26 Å². The summed E-state index contributed by atoms with van der Waals surface area (Å²) in [5.74, 6) is 0.192. The maximum Gasteiger partial charge on any atom is 0.336 e. The van der Waals surface area contributed by atoms with Crippen molar-refractivity contribution >= 4 is 18.1 Å². The maximum absolute atomic E-state index is 11.8. The summed E-state index contributed by atoms with van der Waals surface area (Å²) in [4.78, 5) is 18.2. The molecule has 2 heterocycles. The minimum atomic E-state index is -0.354. The lowest BCUT2D eigenvalue weighted by Gasteiger charge is -1.97. The van der Waals surface area contributed by atoms with Gasteiger partial charge in [-0.2, -0.15) is 4.98 Å². The van der Waals surface area contributed by atoms with E-state index in [0.29, 0.717) is 5.69 Å². The van der Waals surface area contributed by atoms with Gasteiger partial charge in [-0.25, -0.2) is 9.20 Å². The first kappa shape index (κ1) is 9.98. The molecule has 2 aromatic heterocycles. The average Bonchev–Trinajstić information content (AvgIpc) is 2.74. The molecule has 0 amide bonds. The molecule has 0 aliphatic carbocycles. The summed E-state index contributed by atoms with van der Waals surface area (Å²) in [6.07, 6.45) is 1.49. The molecule has 0 atom stereocenters. The number of oxazole rings is 1. The Kier molecular flexibility index (Phi) is 2.15. The minimum Gasteiger partial charge on any atom is -0.431 e. The zero-order chi connectivity index (χ0) is 11.8. The maximum atomic E-state index is 11.8. The number of aromatic amines is 1. The molecule has 1 N–H and O–H groups in total. The number of hydrogen-bond donors (Lipinski definition) is 1. The van der Waals surface area contributed by atoms with Crippen LogP contribution in [0.4, 0.5) is 0 Å². The zero-order valence-corrected chi connectivity index (χ0v) is 9.40. The van der Waals surface area contributed by atoms with E-state index in [4.69, 9.17) is 16.6 Å². The average molecular weight is 245 g/mol. The first-order valence-electron chi connectivity index (χ1n) is 4.92. The zero-order valence-electron chi connectivity index (χ0n) is 8.58. The van der Waals surface area contributed by atoms with Gasteiger partial charge in [-0.05, 0) is 12.2 Å². The number of nitrogens with one attached hydrogen (secondary N) is 1. The lowest BCUT2D eigenvalue weighted by molar-refractivity contribution is 0.586. The molecule has 0 radical (unpaired) electrons. The Labute approximate surface area is 100 Å². The summed E-state index contributed by atoms with van der Waals surface area (Å²) in [5, 5.41) is 0. The highest BCUT2D eigenvalue weighted by atomic mass is 32.1. The van der Waals surface area contributed by atoms with Gasteiger partial charge in [0.15, 0.2) is 0 Å². The van der Waals surface area contributed by atoms with Crippen molar-refractivity contribution in [2.24, 2.45) is 0 Å². The molecule has 0 saturated carbocycles. The number of rotatable bonds is 1. The van der Waals surface area contributed by atoms with Crippen molar-refractivity contribution in [1.82, 2.24) is 14.4 Å². The third-order valence-corrected chi connectivity index (χ3v) is 2.59. The quantitative estimate of drug-likeness (QED) is 0.666. The van der Waals surface area contributed by atoms with E-state index in [2.05, 4.69) is 9.97 Å². The number of fused-ring (bicyclic) bond motifs is 1. The number of benzene rings is 1. The van der Waals surface area contributed by atoms with E-state index < -0.39 is 0 Å². The van der Waals surface area contributed by atoms with Crippen LogP contribution in [0.2, 0.25) is 0 Å². The van der Waals surface area contributed by atoms with Crippen molar-refractivity contribution < 1.29 is 4.42 Å². The molecule has 0 saturated heterocycles. The minimum absolute atomic E-state index is 0.115. The molecule has 6 heteroatoms. The number of hydrogen-bond acceptors (Lipinski definition) is 4. The van der Waals surface area contributed by atoms with Gasteiger partial charge < -0.3 is 4.42 Å². The molecular formula is C11H7N3O2S. The third kappa shape index (κ3) is 1.58. The van der Waals surface area contributed by atoms with Crippen LogP contribution < -0.4 is 5.69 Å². The molecule has 3 aromatic rings. The smallest absolute Gasteiger partial charge is 0.336 e. The molecule has 0 aliphatic heterocycles. The SMILES string of the molecule is O=c1[nH]c(=S)nc2occ(-c3ccccc3)n12. The number of aromatic nitrogens is 3. The second-order valence-electron chi connectivity index (χ2n) is 3.45. The van der Waals surface area contributed by atoms with E-state index in [1.165, 1.54) is 10.7 Å². The predicted molar refractivity (Wildman–Crippen MR) is 64.3 cm³/mol. The first-order chi connectivity index (χ1) is 8.25. The second kappa shape index (κ2) is 3.67. The molecule has 17 heavy (non-hydrogen) atoms. The Balaban J connectivity index is 2.40. The van der Waals surface area contributed by atoms with Crippen molar-refractivity contribution in [3.63, 3.8) is 0 Å². The lowest BCUT2D eigenvalue weighted by atomic mass is 10.2. The van der Waals surface area contributed by atoms with Gasteiger partial charge in [-0.1, -0.05) is 30.3 Å². The highest BCUT2D eigenvalue weighted by molar-refractivity contribution is 7.71. The molecule has 5 nitrogen and oxygen atoms in total. The van der Waals surface area contributed by atoms with E-state index >= 15 is 0 Å². The monoisotopic (exact) mass is 245 g/mol. The second-order valence-corrected chi connectivity index (χ2v) is 3.84. The molecular weight excluding hydrogens is 238 g/mol. The standard InChI is InChI=1S/C11H7N3O2S/c15-10-12-9(17)13-11-14(10)8(6-16-11)7-4-2-1-3-5-7/h1-6H,(H,12,15,17). The summed E-state index contributed by atoms with van der Waals surface area (Å²) in [5.41, 5.74) is 1.16. The van der Waals surface area contributed by atoms with Crippen LogP contribution in [-0.4, -0.2) is 14.4 Å². The lowest BCUT2D eigenvalue weighted by Crippen LogP contribution is -2.17. The first-order valence-corrected chi connectivity index (χ1v) is 5.32. The van der Waals surface area contributed by atoms with Crippen LogP contribution in [0, 0.1) is 4.77 Å². The van der Waals surface area contributed by atoms with E-state index in [1.807, 2.05) is 30.3 Å². The van der Waals surface area contributed by atoms with Crippen molar-refractivity contribution in [1.29, 1.82) is 0 Å². The Morgan fingerprint density at radius 1 is 1.29 bits per heavy atom. The van der Waals surface area contributed by atoms with Gasteiger partial charge in [0.2, 0.25) is 4.77 Å². The van der Waals surface area contributed by atoms with Crippen molar-refractivity contribution in [3.05, 3.63) is 51.9 Å². The van der Waals surface area contributed by atoms with Crippen LogP contribution >= 0.6 is 12.2 Å². The molecule has 84 valence electrons. The normalized spacial score (nSPS) is 10.8. The number of H-pyrrole nitrogens is 1. The molecule has 3 rings (SSSR count). The Bertz CT molecular complexity index is 786. The van der Waals surface area contributed by atoms with Crippen molar-refractivity contribution in [2.75, 3.05) is 0 Å². The largest absolute Gasteiger partial charge is 0.431 e. The highest BCUT2D eigenvalue weighted by Gasteiger charge is 2.10. The van der Waals surface area contributed by atoms with Gasteiger partial charge in [-0.3, -0.25) is 4.98 Å². The number of nitrogens with zero attached hydrogens (tertiary/aromatic N) is 2. The molecule has 0 spiro atoms. The van der Waals surface area contributed by atoms with E-state index in [1.54, 1.807) is 0 Å². The fourth-order valence-corrected chi connectivity index (χ4v) is 1.82. The van der Waals surface area contributed by atoms with Gasteiger partial charge in [-0.15, -0.1) is 0 Å². The molecule has 1 aromatic carbocycles. The summed E-state index contributed by atoms with van der Waals surface area (Å²) < 4.78 is 6.70. The van der Waals surface area contributed by atoms with E-state index in [-0.39, 0.29) is 16.3 Å². The van der Waals surface area contributed by atoms with Crippen LogP contribution in [0.5, 0.6) is 0 Å². The summed E-state index contributed by atoms with van der Waals surface area (Å²) in [7, 11) is 0. The van der Waals surface area contributed by atoms with E-state index in [0.717, 1.165) is 5.56 Å². The predicted octanol–water partition coefficient (Wildman–Crippen LogP) is 2.01. The van der Waals surface area contributed by atoms with Crippen LogP contribution in [0.3, 0.4) is 0 Å². The molecule has 0 fully saturated rings. The van der Waals surface area contributed by atoms with Gasteiger partial charge in [0.25, 0.3) is 0 Å². The van der Waals surface area contributed by atoms with Crippen LogP contribution in [-0.2, 0) is 0 Å². The highest BCUT2D eigenvalue weighted by Crippen LogP contribution is 2.19. The van der Waals surface area contributed by atoms with Crippen molar-refractivity contribution in [3.8, 4) is 11.3 Å². The van der Waals surface area contributed by atoms with E-state index in [9.17, 15) is 4.79 Å². The van der Waals surface area contributed by atoms with Gasteiger partial charge in [0.05, 0.1) is 5.69 Å². The van der Waals surface area contributed by atoms with Crippen LogP contribution in [0.1, 0.15) is 0 Å². The molecule has 0 bridgehead atoms. The summed E-state index contributed by atoms with van der Waals surface area (Å²) in [6, 6.07) is 9.45. The van der Waals surface area contributed by atoms with Crippen molar-refractivity contribution in [2.45, 2.75) is 0 Å². The Morgan fingerprint density at radius 2 is 2.06 bits per heavy atom. The summed E-state index contributed by atoms with van der Waals surface area (Å²) >= 11 is 4.81. The molecule has 0 unspecified atom stereocenters. The fraction of sp³-hybridized carbons (Fsp3) is 0. The topological polar surface area (TPSA) is 63.3 Å². The molecule has 0 aliphatic rings. The van der Waals surface area contributed by atoms with Crippen LogP contribution in [0.15, 0.2) is 45.8 Å². The van der Waals surface area contributed by atoms with Crippen LogP contribution in [0.25, 0.3) is 17.1 Å². The fourth-order valence-electron chi connectivity index (χ4n) is 1.66. The summed E-state index contributed by atoms with van der Waals surface area (Å²) in [6.45, 7) is 0. The Hall–Kier alpha value is -2.21. The third-order valence-electron chi connectivity index (χ3n) is 2.39. The Morgan fingerprint density at radius 3 is 2.82 bits per heavy atom. The van der Waals surface area contributed by atoms with Gasteiger partial charge in [0, 0.05) is 5.56 Å².